The minimum atomic E-state index is -0.708. The number of rotatable bonds is 7. The number of aryl methyl sites for hydroxylation is 1. The lowest BCUT2D eigenvalue weighted by Gasteiger charge is -2.29. The molecule has 2 aromatic rings. The smallest absolute Gasteiger partial charge is 0.273 e. The first-order valence-corrected chi connectivity index (χ1v) is 9.84. The zero-order valence-corrected chi connectivity index (χ0v) is 17.4. The molecule has 0 saturated heterocycles. The summed E-state index contributed by atoms with van der Waals surface area (Å²) in [6.45, 7) is 7.58. The van der Waals surface area contributed by atoms with E-state index in [1.807, 2.05) is 43.1 Å². The first kappa shape index (κ1) is 21.2. The van der Waals surface area contributed by atoms with Crippen molar-refractivity contribution < 1.29 is 9.59 Å². The van der Waals surface area contributed by atoms with Crippen LogP contribution in [0.1, 0.15) is 35.8 Å². The maximum absolute atomic E-state index is 11.8. The van der Waals surface area contributed by atoms with Crippen LogP contribution in [0.4, 0.5) is 17.5 Å². The summed E-state index contributed by atoms with van der Waals surface area (Å²) >= 11 is 0. The number of hydrogen-bond acceptors (Lipinski definition) is 7. The Morgan fingerprint density at radius 1 is 1.23 bits per heavy atom. The molecule has 1 fully saturated rings. The highest BCUT2D eigenvalue weighted by atomic mass is 16.2. The molecular weight excluding hydrogens is 382 g/mol. The summed E-state index contributed by atoms with van der Waals surface area (Å²) < 4.78 is 0. The topological polar surface area (TPSA) is 126 Å². The van der Waals surface area contributed by atoms with Crippen LogP contribution in [0, 0.1) is 12.8 Å². The van der Waals surface area contributed by atoms with Gasteiger partial charge in [-0.15, -0.1) is 10.2 Å². The Labute approximate surface area is 175 Å². The van der Waals surface area contributed by atoms with Gasteiger partial charge in [-0.1, -0.05) is 31.2 Å². The van der Waals surface area contributed by atoms with Crippen molar-refractivity contribution in [2.24, 2.45) is 11.7 Å². The summed E-state index contributed by atoms with van der Waals surface area (Å²) in [5, 5.41) is 14.2. The number of nitrogens with one attached hydrogen (secondary N) is 2. The normalized spacial score (nSPS) is 20.4. The molecule has 30 heavy (non-hydrogen) atoms. The van der Waals surface area contributed by atoms with Crippen molar-refractivity contribution in [2.45, 2.75) is 38.8 Å². The number of carbonyl (C=O) groups excluding carboxylic acids is 2. The molecule has 1 aliphatic rings. The third kappa shape index (κ3) is 4.56. The number of primary amides is 1. The van der Waals surface area contributed by atoms with Gasteiger partial charge in [0.1, 0.15) is 0 Å². The van der Waals surface area contributed by atoms with Crippen molar-refractivity contribution >= 4 is 29.3 Å². The molecule has 0 aliphatic heterocycles. The Morgan fingerprint density at radius 3 is 2.57 bits per heavy atom. The summed E-state index contributed by atoms with van der Waals surface area (Å²) in [5.41, 5.74) is 7.31. The van der Waals surface area contributed by atoms with Crippen LogP contribution in [0.2, 0.25) is 0 Å². The molecule has 2 amide bonds. The molecule has 0 bridgehead atoms. The number of nitrogens with zero attached hydrogens (tertiary/aromatic N) is 4. The van der Waals surface area contributed by atoms with Gasteiger partial charge in [-0.3, -0.25) is 9.59 Å². The number of anilines is 3. The van der Waals surface area contributed by atoms with Crippen molar-refractivity contribution in [3.05, 3.63) is 48.2 Å². The second kappa shape index (κ2) is 8.89. The molecule has 1 aliphatic carbocycles. The van der Waals surface area contributed by atoms with Gasteiger partial charge in [0, 0.05) is 24.8 Å². The lowest BCUT2D eigenvalue weighted by molar-refractivity contribution is -0.117. The number of amides is 2. The van der Waals surface area contributed by atoms with Crippen molar-refractivity contribution in [3.63, 3.8) is 0 Å². The lowest BCUT2D eigenvalue weighted by atomic mass is 10.0. The summed E-state index contributed by atoms with van der Waals surface area (Å²) in [6.07, 6.45) is 2.99. The van der Waals surface area contributed by atoms with Crippen LogP contribution < -0.4 is 21.3 Å². The van der Waals surface area contributed by atoms with E-state index in [9.17, 15) is 9.59 Å². The molecule has 1 aromatic carbocycles. The molecule has 3 rings (SSSR count). The van der Waals surface area contributed by atoms with Crippen molar-refractivity contribution in [1.82, 2.24) is 20.5 Å². The molecule has 9 heteroatoms. The van der Waals surface area contributed by atoms with Crippen LogP contribution in [-0.2, 0) is 4.79 Å². The van der Waals surface area contributed by atoms with Gasteiger partial charge in [0.05, 0.1) is 0 Å². The van der Waals surface area contributed by atoms with Gasteiger partial charge in [-0.2, -0.15) is 4.98 Å². The number of nitrogens with two attached hydrogens (primary N) is 1. The SMILES string of the molecule is C=CC(=O)NC1CC[C@@H](N(C)c2nnc(C(N)=O)c(Nc3ccc(C)cc3)n2)[C@H]1C. The van der Waals surface area contributed by atoms with E-state index in [4.69, 9.17) is 5.73 Å². The molecule has 158 valence electrons. The molecule has 3 atom stereocenters. The second-order valence-electron chi connectivity index (χ2n) is 7.60. The van der Waals surface area contributed by atoms with Gasteiger partial charge in [-0.05, 0) is 43.9 Å². The fourth-order valence-electron chi connectivity index (χ4n) is 3.78. The van der Waals surface area contributed by atoms with Gasteiger partial charge < -0.3 is 21.3 Å². The van der Waals surface area contributed by atoms with Crippen molar-refractivity contribution in [1.29, 1.82) is 0 Å². The maximum Gasteiger partial charge on any atom is 0.273 e. The van der Waals surface area contributed by atoms with E-state index >= 15 is 0 Å². The molecule has 1 unspecified atom stereocenters. The van der Waals surface area contributed by atoms with Gasteiger partial charge in [0.2, 0.25) is 11.9 Å². The molecule has 0 radical (unpaired) electrons. The Balaban J connectivity index is 1.83. The summed E-state index contributed by atoms with van der Waals surface area (Å²) in [6, 6.07) is 7.83. The molecular formula is C21H27N7O2. The Bertz CT molecular complexity index is 945. The quantitative estimate of drug-likeness (QED) is 0.597. The molecule has 0 spiro atoms. The number of benzene rings is 1. The molecule has 1 saturated carbocycles. The van der Waals surface area contributed by atoms with Crippen LogP contribution in [0.5, 0.6) is 0 Å². The van der Waals surface area contributed by atoms with Crippen molar-refractivity contribution in [3.8, 4) is 0 Å². The van der Waals surface area contributed by atoms with Gasteiger partial charge in [0.15, 0.2) is 11.5 Å². The Morgan fingerprint density at radius 2 is 1.93 bits per heavy atom. The monoisotopic (exact) mass is 409 g/mol. The highest BCUT2D eigenvalue weighted by Gasteiger charge is 2.37. The minimum absolute atomic E-state index is 0.0247. The summed E-state index contributed by atoms with van der Waals surface area (Å²) in [4.78, 5) is 29.9. The van der Waals surface area contributed by atoms with E-state index < -0.39 is 5.91 Å². The van der Waals surface area contributed by atoms with Crippen LogP contribution in [-0.4, -0.2) is 46.1 Å². The van der Waals surface area contributed by atoms with E-state index in [0.717, 1.165) is 24.1 Å². The largest absolute Gasteiger partial charge is 0.364 e. The first-order chi connectivity index (χ1) is 14.3. The highest BCUT2D eigenvalue weighted by molar-refractivity contribution is 5.96. The molecule has 1 aromatic heterocycles. The van der Waals surface area contributed by atoms with Gasteiger partial charge in [-0.25, -0.2) is 0 Å². The summed E-state index contributed by atoms with van der Waals surface area (Å²) in [5.74, 6) is -0.0805. The highest BCUT2D eigenvalue weighted by Crippen LogP contribution is 2.31. The maximum atomic E-state index is 11.8. The molecule has 1 heterocycles. The fourth-order valence-corrected chi connectivity index (χ4v) is 3.78. The van der Waals surface area contributed by atoms with E-state index in [1.54, 1.807) is 0 Å². The van der Waals surface area contributed by atoms with Crippen LogP contribution in [0.15, 0.2) is 36.9 Å². The fraction of sp³-hybridized carbons (Fsp3) is 0.381. The Kier molecular flexibility index (Phi) is 6.29. The van der Waals surface area contributed by atoms with Crippen LogP contribution in [0.3, 0.4) is 0 Å². The average molecular weight is 409 g/mol. The van der Waals surface area contributed by atoms with Crippen LogP contribution >= 0.6 is 0 Å². The standard InChI is InChI=1S/C21H27N7O2/c1-5-17(29)24-15-10-11-16(13(15)3)28(4)21-25-20(18(19(22)30)26-27-21)23-14-8-6-12(2)7-9-14/h5-9,13,15-16H,1,10-11H2,2-4H3,(H2,22,30)(H,24,29)(H,23,25,27)/t13-,15?,16+/m0/s1. The zero-order valence-electron chi connectivity index (χ0n) is 17.4. The number of carbonyl (C=O) groups is 2. The molecule has 4 N–H and O–H groups in total. The predicted octanol–water partition coefficient (Wildman–Crippen LogP) is 1.93. The second-order valence-corrected chi connectivity index (χ2v) is 7.60. The van der Waals surface area contributed by atoms with Crippen molar-refractivity contribution in [2.75, 3.05) is 17.3 Å². The number of hydrogen-bond donors (Lipinski definition) is 3. The van der Waals surface area contributed by atoms with E-state index in [-0.39, 0.29) is 35.4 Å². The van der Waals surface area contributed by atoms with E-state index in [0.29, 0.717) is 5.95 Å². The average Bonchev–Trinajstić information content (AvgIpc) is 3.08. The minimum Gasteiger partial charge on any atom is -0.364 e. The van der Waals surface area contributed by atoms with Gasteiger partial charge >= 0.3 is 0 Å². The third-order valence-electron chi connectivity index (χ3n) is 5.56. The molecule has 9 nitrogen and oxygen atoms in total. The number of aromatic nitrogens is 3. The predicted molar refractivity (Wildman–Crippen MR) is 116 cm³/mol. The Hall–Kier alpha value is -3.49. The zero-order chi connectivity index (χ0) is 21.8. The van der Waals surface area contributed by atoms with Crippen LogP contribution in [0.25, 0.3) is 0 Å². The van der Waals surface area contributed by atoms with E-state index in [2.05, 4.69) is 39.3 Å². The van der Waals surface area contributed by atoms with E-state index in [1.165, 1.54) is 6.08 Å². The van der Waals surface area contributed by atoms with Gasteiger partial charge in [0.25, 0.3) is 5.91 Å². The third-order valence-corrected chi connectivity index (χ3v) is 5.56. The lowest BCUT2D eigenvalue weighted by Crippen LogP contribution is -2.42. The first-order valence-electron chi connectivity index (χ1n) is 9.84. The summed E-state index contributed by atoms with van der Waals surface area (Å²) in [7, 11) is 1.88.